The van der Waals surface area contributed by atoms with Crippen molar-refractivity contribution in [3.63, 3.8) is 0 Å². The van der Waals surface area contributed by atoms with Crippen LogP contribution in [-0.4, -0.2) is 0 Å². The fourth-order valence-corrected chi connectivity index (χ4v) is 6.25. The highest BCUT2D eigenvalue weighted by Gasteiger charge is 2.18. The number of fused-ring (bicyclic) bond motifs is 10. The highest BCUT2D eigenvalue weighted by molar-refractivity contribution is 6.23. The highest BCUT2D eigenvalue weighted by Crippen LogP contribution is 2.45. The molecule has 0 spiro atoms. The molecular weight excluding hydrogens is 617 g/mol. The molecule has 0 atom stereocenters. The molecule has 0 radical (unpaired) electrons. The molecule has 0 saturated carbocycles. The zero-order chi connectivity index (χ0) is 59.6. The zero-order valence-electron chi connectivity index (χ0n) is 55.4. The molecule has 11 aromatic rings. The largest absolute Gasteiger partial charge is 0.455 e. The molecule has 51 heavy (non-hydrogen) atoms. The van der Waals surface area contributed by atoms with Crippen molar-refractivity contribution in [1.82, 2.24) is 0 Å². The topological polar surface area (TPSA) is 13.1 Å². The average molecular weight is 677 g/mol. The highest BCUT2D eigenvalue weighted by atomic mass is 16.3. The Morgan fingerprint density at radius 2 is 0.765 bits per heavy atom. The normalized spacial score (nSPS) is 20.2. The number of furan rings is 1. The van der Waals surface area contributed by atoms with Crippen LogP contribution in [0.1, 0.15) is 41.1 Å². The SMILES string of the molecule is [2H]c1c([2H])c(-c2c3c([2H])c([2H])c([2H])c([2H])c3c(-c3c([2H])c([2H])c4oc5c6c([2H])c([2H])c([2H])c([2H])c6c([2H])c([2H])c5c4c3[2H])c3c([2H])c([2H])c([2H])c([2H])c23)c([2H])c([2H])c1-c1c([2H])c([2H])c2c(c1[2H])c([2H])c([2H])c1c([2H])c([2H])c([2H])c([2H])c12. The summed E-state index contributed by atoms with van der Waals surface area (Å²) in [5.41, 5.74) is -6.03. The molecule has 236 valence electrons. The molecule has 11 rings (SSSR count). The van der Waals surface area contributed by atoms with Gasteiger partial charge in [-0.2, -0.15) is 0 Å². The van der Waals surface area contributed by atoms with Crippen molar-refractivity contribution >= 4 is 75.8 Å². The van der Waals surface area contributed by atoms with Crippen molar-refractivity contribution in [2.45, 2.75) is 0 Å². The predicted molar refractivity (Wildman–Crippen MR) is 218 cm³/mol. The van der Waals surface area contributed by atoms with Gasteiger partial charge in [-0.15, -0.1) is 0 Å². The lowest BCUT2D eigenvalue weighted by atomic mass is 9.85. The van der Waals surface area contributed by atoms with Crippen LogP contribution in [0.5, 0.6) is 0 Å². The third kappa shape index (κ3) is 4.28. The van der Waals surface area contributed by atoms with E-state index >= 15 is 0 Å². The van der Waals surface area contributed by atoms with Gasteiger partial charge in [-0.25, -0.2) is 0 Å². The van der Waals surface area contributed by atoms with Crippen molar-refractivity contribution < 1.29 is 45.5 Å². The molecule has 0 N–H and O–H groups in total. The van der Waals surface area contributed by atoms with Gasteiger partial charge >= 0.3 is 0 Å². The smallest absolute Gasteiger partial charge is 0.143 e. The number of benzene rings is 10. The van der Waals surface area contributed by atoms with Gasteiger partial charge in [0.05, 0.1) is 41.1 Å². The second kappa shape index (κ2) is 10.9. The van der Waals surface area contributed by atoms with Gasteiger partial charge in [0, 0.05) is 16.2 Å². The zero-order valence-corrected chi connectivity index (χ0v) is 25.4. The average Bonchev–Trinajstić information content (AvgIpc) is 2.33. The molecule has 0 aliphatic carbocycles. The van der Waals surface area contributed by atoms with E-state index in [9.17, 15) is 17.8 Å². The Morgan fingerprint density at radius 3 is 1.47 bits per heavy atom. The molecule has 0 aliphatic heterocycles. The summed E-state index contributed by atoms with van der Waals surface area (Å²) in [7, 11) is 0. The number of hydrogen-bond acceptors (Lipinski definition) is 1. The fourth-order valence-electron chi connectivity index (χ4n) is 6.25. The minimum atomic E-state index is -1.13. The second-order valence-electron chi connectivity index (χ2n) is 11.3. The Bertz CT molecular complexity index is 4820. The fraction of sp³-hybridized carbons (Fsp3) is 0. The maximum absolute atomic E-state index is 9.85. The van der Waals surface area contributed by atoms with Gasteiger partial charge in [0.2, 0.25) is 0 Å². The van der Waals surface area contributed by atoms with E-state index in [-0.39, 0.29) is 0 Å². The van der Waals surface area contributed by atoms with Crippen LogP contribution < -0.4 is 0 Å². The van der Waals surface area contributed by atoms with E-state index in [1.54, 1.807) is 0 Å². The Balaban J connectivity index is 1.33. The summed E-state index contributed by atoms with van der Waals surface area (Å²) in [5, 5.41) is -7.10. The molecule has 10 aromatic carbocycles. The Hall–Kier alpha value is -6.70. The van der Waals surface area contributed by atoms with E-state index < -0.39 is 290 Å². The molecule has 0 saturated heterocycles. The van der Waals surface area contributed by atoms with E-state index in [0.29, 0.717) is 0 Å². The van der Waals surface area contributed by atoms with Gasteiger partial charge in [0.25, 0.3) is 0 Å². The maximum atomic E-state index is 9.85. The standard InChI is InChI=1S/C50H30O/c1-3-11-38-32(9-1)19-22-36-29-35(24-26-39(36)38)31-17-20-34(21-18-31)48-41-13-5-7-15-43(41)49(44-16-8-6-14-42(44)48)37-25-28-47-46(30-37)45-27-23-33-10-2-4-12-40(33)50(45)51-47/h1-30H/i1D,2D,3D,4D,5D,6D,7D,8D,9D,10D,11D,12D,13D,14D,15D,16D,17D,18D,19D,20D,21D,22D,23D,24D,25D,26D,27D,28D,29D,30D. The number of rotatable bonds is 3. The summed E-state index contributed by atoms with van der Waals surface area (Å²) < 4.78 is 277. The Kier molecular flexibility index (Phi) is 2.50. The predicted octanol–water partition coefficient (Wildman–Crippen LogP) is 14.4. The summed E-state index contributed by atoms with van der Waals surface area (Å²) in [5.74, 6) is 0. The molecule has 0 bridgehead atoms. The lowest BCUT2D eigenvalue weighted by Crippen LogP contribution is -1.91. The molecule has 1 nitrogen and oxygen atoms in total. The van der Waals surface area contributed by atoms with E-state index in [0.717, 1.165) is 0 Å². The lowest BCUT2D eigenvalue weighted by Gasteiger charge is -2.18. The molecule has 1 heterocycles. The van der Waals surface area contributed by atoms with Crippen molar-refractivity contribution in [1.29, 1.82) is 0 Å². The first kappa shape index (κ1) is 11.7. The second-order valence-corrected chi connectivity index (χ2v) is 11.3. The van der Waals surface area contributed by atoms with Crippen LogP contribution >= 0.6 is 0 Å². The summed E-state index contributed by atoms with van der Waals surface area (Å²) in [6, 6.07) is -27.5. The summed E-state index contributed by atoms with van der Waals surface area (Å²) >= 11 is 0. The molecule has 1 heteroatoms. The maximum Gasteiger partial charge on any atom is 0.143 e. The van der Waals surface area contributed by atoms with Gasteiger partial charge in [0.1, 0.15) is 11.2 Å². The van der Waals surface area contributed by atoms with Crippen molar-refractivity contribution in [2.24, 2.45) is 0 Å². The van der Waals surface area contributed by atoms with Crippen molar-refractivity contribution in [3.8, 4) is 33.4 Å². The van der Waals surface area contributed by atoms with E-state index in [1.165, 1.54) is 0 Å². The van der Waals surface area contributed by atoms with Crippen LogP contribution in [-0.2, 0) is 0 Å². The first-order chi connectivity index (χ1) is 37.8. The number of hydrogen-bond donors (Lipinski definition) is 0. The molecule has 1 aromatic heterocycles. The summed E-state index contributed by atoms with van der Waals surface area (Å²) in [6.07, 6.45) is 0. The van der Waals surface area contributed by atoms with E-state index in [1.807, 2.05) is 0 Å². The van der Waals surface area contributed by atoms with Crippen LogP contribution in [0.3, 0.4) is 0 Å². The third-order valence-electron chi connectivity index (χ3n) is 8.50. The van der Waals surface area contributed by atoms with Crippen molar-refractivity contribution in [2.75, 3.05) is 0 Å². The minimum Gasteiger partial charge on any atom is -0.455 e. The molecule has 0 fully saturated rings. The van der Waals surface area contributed by atoms with Crippen LogP contribution in [0, 0.1) is 0 Å². The molecular formula is C50H30O. The van der Waals surface area contributed by atoms with Crippen LogP contribution in [0.2, 0.25) is 0 Å². The minimum absolute atomic E-state index is 0.427. The third-order valence-corrected chi connectivity index (χ3v) is 8.50. The summed E-state index contributed by atoms with van der Waals surface area (Å²) in [4.78, 5) is 0. The molecule has 0 amide bonds. The van der Waals surface area contributed by atoms with Gasteiger partial charge in [0.15, 0.2) is 0 Å². The van der Waals surface area contributed by atoms with Gasteiger partial charge in [-0.1, -0.05) is 157 Å². The van der Waals surface area contributed by atoms with Gasteiger partial charge < -0.3 is 4.42 Å². The monoisotopic (exact) mass is 676 g/mol. The summed E-state index contributed by atoms with van der Waals surface area (Å²) in [6.45, 7) is 0. The van der Waals surface area contributed by atoms with E-state index in [4.69, 9.17) is 27.7 Å². The van der Waals surface area contributed by atoms with Gasteiger partial charge in [-0.05, 0) is 106 Å². The van der Waals surface area contributed by atoms with E-state index in [2.05, 4.69) is 0 Å². The molecule has 0 aliphatic rings. The molecule has 0 unspecified atom stereocenters. The quantitative estimate of drug-likeness (QED) is 0.134. The van der Waals surface area contributed by atoms with Crippen LogP contribution in [0.25, 0.3) is 109 Å². The van der Waals surface area contributed by atoms with Crippen LogP contribution in [0.4, 0.5) is 0 Å². The first-order valence-electron chi connectivity index (χ1n) is 30.2. The lowest BCUT2D eigenvalue weighted by molar-refractivity contribution is 0.672. The van der Waals surface area contributed by atoms with Crippen molar-refractivity contribution in [3.05, 3.63) is 181 Å². The Morgan fingerprint density at radius 1 is 0.294 bits per heavy atom. The first-order valence-corrected chi connectivity index (χ1v) is 15.2. The Labute approximate surface area is 336 Å². The van der Waals surface area contributed by atoms with Gasteiger partial charge in [-0.3, -0.25) is 0 Å². The van der Waals surface area contributed by atoms with Crippen LogP contribution in [0.15, 0.2) is 186 Å².